The number of nitrogens with one attached hydrogen (secondary N) is 1. The van der Waals surface area contributed by atoms with Crippen molar-refractivity contribution in [3.05, 3.63) is 15.6 Å². The van der Waals surface area contributed by atoms with Crippen molar-refractivity contribution in [3.8, 4) is 0 Å². The standard InChI is InChI=1S/C12H20N2S/c1-4-13-11(7-10-5-6-10)12-8(2)14-9(3)15-12/h10-11,13H,4-7H2,1-3H3. The lowest BCUT2D eigenvalue weighted by atomic mass is 10.1. The van der Waals surface area contributed by atoms with Gasteiger partial charge in [0.2, 0.25) is 0 Å². The van der Waals surface area contributed by atoms with Crippen LogP contribution in [0.3, 0.4) is 0 Å². The molecule has 84 valence electrons. The third-order valence-corrected chi connectivity index (χ3v) is 4.16. The van der Waals surface area contributed by atoms with Crippen molar-refractivity contribution in [2.24, 2.45) is 5.92 Å². The fourth-order valence-corrected chi connectivity index (χ4v) is 3.10. The van der Waals surface area contributed by atoms with Crippen LogP contribution in [0.1, 0.15) is 47.8 Å². The molecule has 0 aromatic carbocycles. The van der Waals surface area contributed by atoms with Crippen molar-refractivity contribution in [2.75, 3.05) is 6.54 Å². The molecule has 1 aromatic heterocycles. The second-order valence-corrected chi connectivity index (χ2v) is 5.71. The molecule has 15 heavy (non-hydrogen) atoms. The second kappa shape index (κ2) is 4.62. The van der Waals surface area contributed by atoms with E-state index in [9.17, 15) is 0 Å². The second-order valence-electron chi connectivity index (χ2n) is 4.47. The topological polar surface area (TPSA) is 24.9 Å². The van der Waals surface area contributed by atoms with Crippen LogP contribution in [0.2, 0.25) is 0 Å². The highest BCUT2D eigenvalue weighted by Gasteiger charge is 2.27. The first kappa shape index (κ1) is 11.1. The zero-order valence-corrected chi connectivity index (χ0v) is 10.7. The largest absolute Gasteiger partial charge is 0.309 e. The minimum atomic E-state index is 0.550. The zero-order chi connectivity index (χ0) is 10.8. The Balaban J connectivity index is 2.10. The van der Waals surface area contributed by atoms with Crippen molar-refractivity contribution in [1.29, 1.82) is 0 Å². The van der Waals surface area contributed by atoms with Gasteiger partial charge >= 0.3 is 0 Å². The van der Waals surface area contributed by atoms with Crippen LogP contribution in [-0.4, -0.2) is 11.5 Å². The molecule has 1 aliphatic rings. The van der Waals surface area contributed by atoms with Gasteiger partial charge in [-0.1, -0.05) is 19.8 Å². The highest BCUT2D eigenvalue weighted by Crippen LogP contribution is 2.39. The van der Waals surface area contributed by atoms with E-state index in [0.29, 0.717) is 6.04 Å². The van der Waals surface area contributed by atoms with Crippen LogP contribution < -0.4 is 5.32 Å². The van der Waals surface area contributed by atoms with E-state index in [1.54, 1.807) is 0 Å². The summed E-state index contributed by atoms with van der Waals surface area (Å²) in [5.41, 5.74) is 1.23. The lowest BCUT2D eigenvalue weighted by molar-refractivity contribution is 0.491. The number of hydrogen-bond donors (Lipinski definition) is 1. The highest BCUT2D eigenvalue weighted by molar-refractivity contribution is 7.11. The van der Waals surface area contributed by atoms with Crippen LogP contribution in [0.15, 0.2) is 0 Å². The Kier molecular flexibility index (Phi) is 3.42. The van der Waals surface area contributed by atoms with Gasteiger partial charge in [-0.15, -0.1) is 11.3 Å². The van der Waals surface area contributed by atoms with Crippen LogP contribution in [0.5, 0.6) is 0 Å². The van der Waals surface area contributed by atoms with E-state index in [2.05, 4.69) is 31.1 Å². The Labute approximate surface area is 96.1 Å². The van der Waals surface area contributed by atoms with Crippen molar-refractivity contribution in [3.63, 3.8) is 0 Å². The van der Waals surface area contributed by atoms with E-state index < -0.39 is 0 Å². The van der Waals surface area contributed by atoms with E-state index >= 15 is 0 Å². The third-order valence-electron chi connectivity index (χ3n) is 2.97. The van der Waals surface area contributed by atoms with Gasteiger partial charge in [0.25, 0.3) is 0 Å². The number of thiazole rings is 1. The predicted octanol–water partition coefficient (Wildman–Crippen LogP) is 3.21. The highest BCUT2D eigenvalue weighted by atomic mass is 32.1. The third kappa shape index (κ3) is 2.79. The summed E-state index contributed by atoms with van der Waals surface area (Å²) in [7, 11) is 0. The summed E-state index contributed by atoms with van der Waals surface area (Å²) >= 11 is 1.86. The first-order valence-electron chi connectivity index (χ1n) is 5.88. The maximum atomic E-state index is 4.52. The minimum absolute atomic E-state index is 0.550. The number of aryl methyl sites for hydroxylation is 2. The van der Waals surface area contributed by atoms with Gasteiger partial charge in [0, 0.05) is 10.9 Å². The molecule has 1 atom stereocenters. The summed E-state index contributed by atoms with van der Waals surface area (Å²) in [5, 5.41) is 4.79. The molecule has 1 heterocycles. The average Bonchev–Trinajstić information content (AvgIpc) is 2.91. The predicted molar refractivity (Wildman–Crippen MR) is 65.3 cm³/mol. The smallest absolute Gasteiger partial charge is 0.0900 e. The molecule has 0 bridgehead atoms. The van der Waals surface area contributed by atoms with Crippen LogP contribution in [0.25, 0.3) is 0 Å². The summed E-state index contributed by atoms with van der Waals surface area (Å²) in [6.07, 6.45) is 4.16. The Bertz CT molecular complexity index is 328. The monoisotopic (exact) mass is 224 g/mol. The molecule has 2 rings (SSSR count). The van der Waals surface area contributed by atoms with Gasteiger partial charge in [0.1, 0.15) is 0 Å². The Morgan fingerprint density at radius 1 is 1.47 bits per heavy atom. The van der Waals surface area contributed by atoms with Crippen molar-refractivity contribution < 1.29 is 0 Å². The van der Waals surface area contributed by atoms with Gasteiger partial charge in [0.15, 0.2) is 0 Å². The summed E-state index contributed by atoms with van der Waals surface area (Å²) < 4.78 is 0. The van der Waals surface area contributed by atoms with Gasteiger partial charge in [-0.25, -0.2) is 4.98 Å². The molecule has 1 aromatic rings. The first-order chi connectivity index (χ1) is 7.20. The molecule has 0 radical (unpaired) electrons. The summed E-state index contributed by atoms with van der Waals surface area (Å²) in [5.74, 6) is 0.968. The summed E-state index contributed by atoms with van der Waals surface area (Å²) in [6, 6.07) is 0.550. The molecule has 0 aliphatic heterocycles. The number of nitrogens with zero attached hydrogens (tertiary/aromatic N) is 1. The number of hydrogen-bond acceptors (Lipinski definition) is 3. The Hall–Kier alpha value is -0.410. The number of rotatable bonds is 5. The molecular weight excluding hydrogens is 204 g/mol. The van der Waals surface area contributed by atoms with Gasteiger partial charge in [-0.3, -0.25) is 0 Å². The van der Waals surface area contributed by atoms with Crippen LogP contribution in [-0.2, 0) is 0 Å². The van der Waals surface area contributed by atoms with Gasteiger partial charge in [0.05, 0.1) is 10.7 Å². The molecule has 3 heteroatoms. The van der Waals surface area contributed by atoms with E-state index in [4.69, 9.17) is 0 Å². The molecule has 2 nitrogen and oxygen atoms in total. The first-order valence-corrected chi connectivity index (χ1v) is 6.69. The summed E-state index contributed by atoms with van der Waals surface area (Å²) in [4.78, 5) is 5.98. The van der Waals surface area contributed by atoms with Crippen LogP contribution in [0, 0.1) is 19.8 Å². The molecule has 0 spiro atoms. The fraction of sp³-hybridized carbons (Fsp3) is 0.750. The Morgan fingerprint density at radius 3 is 2.67 bits per heavy atom. The molecule has 0 amide bonds. The lowest BCUT2D eigenvalue weighted by Gasteiger charge is -2.16. The molecule has 1 saturated carbocycles. The fourth-order valence-electron chi connectivity index (χ4n) is 2.09. The molecule has 0 saturated heterocycles. The SMILES string of the molecule is CCNC(CC1CC1)c1sc(C)nc1C. The van der Waals surface area contributed by atoms with Crippen LogP contribution >= 0.6 is 11.3 Å². The van der Waals surface area contributed by atoms with E-state index in [-0.39, 0.29) is 0 Å². The average molecular weight is 224 g/mol. The summed E-state index contributed by atoms with van der Waals surface area (Å²) in [6.45, 7) is 7.47. The van der Waals surface area contributed by atoms with Gasteiger partial charge in [-0.2, -0.15) is 0 Å². The molecule has 1 N–H and O–H groups in total. The van der Waals surface area contributed by atoms with Crippen LogP contribution in [0.4, 0.5) is 0 Å². The van der Waals surface area contributed by atoms with Crippen molar-refractivity contribution in [2.45, 2.75) is 46.1 Å². The van der Waals surface area contributed by atoms with Crippen molar-refractivity contribution >= 4 is 11.3 Å². The van der Waals surface area contributed by atoms with E-state index in [1.807, 2.05) is 11.3 Å². The molecule has 1 unspecified atom stereocenters. The molecular formula is C12H20N2S. The maximum absolute atomic E-state index is 4.52. The van der Waals surface area contributed by atoms with Gasteiger partial charge < -0.3 is 5.32 Å². The lowest BCUT2D eigenvalue weighted by Crippen LogP contribution is -2.21. The normalized spacial score (nSPS) is 18.1. The molecule has 1 fully saturated rings. The maximum Gasteiger partial charge on any atom is 0.0900 e. The van der Waals surface area contributed by atoms with Crippen molar-refractivity contribution in [1.82, 2.24) is 10.3 Å². The Morgan fingerprint density at radius 2 is 2.20 bits per heavy atom. The molecule has 1 aliphatic carbocycles. The number of aromatic nitrogens is 1. The van der Waals surface area contributed by atoms with Gasteiger partial charge in [-0.05, 0) is 32.7 Å². The van der Waals surface area contributed by atoms with E-state index in [1.165, 1.54) is 34.8 Å². The quantitative estimate of drug-likeness (QED) is 0.830. The zero-order valence-electron chi connectivity index (χ0n) is 9.84. The minimum Gasteiger partial charge on any atom is -0.309 e. The van der Waals surface area contributed by atoms with E-state index in [0.717, 1.165) is 12.5 Å².